The van der Waals surface area contributed by atoms with Crippen molar-refractivity contribution in [3.8, 4) is 0 Å². The summed E-state index contributed by atoms with van der Waals surface area (Å²) in [6, 6.07) is 4.32. The van der Waals surface area contributed by atoms with Crippen LogP contribution in [-0.4, -0.2) is 8.07 Å². The van der Waals surface area contributed by atoms with Crippen molar-refractivity contribution < 1.29 is 0 Å². The minimum atomic E-state index is -1.04. The van der Waals surface area contributed by atoms with Gasteiger partial charge in [-0.3, -0.25) is 0 Å². The SMILES string of the molecule is CCC/C=C(/CCC)[Si](CC)(CC)CC. The van der Waals surface area contributed by atoms with Gasteiger partial charge < -0.3 is 0 Å². The molecule has 0 unspecified atom stereocenters. The van der Waals surface area contributed by atoms with Crippen molar-refractivity contribution in [1.82, 2.24) is 0 Å². The van der Waals surface area contributed by atoms with Crippen LogP contribution in [0.2, 0.25) is 18.1 Å². The summed E-state index contributed by atoms with van der Waals surface area (Å²) in [5.74, 6) is 0. The summed E-state index contributed by atoms with van der Waals surface area (Å²) in [5, 5.41) is 1.87. The van der Waals surface area contributed by atoms with Crippen molar-refractivity contribution in [2.45, 2.75) is 78.4 Å². The number of unbranched alkanes of at least 4 members (excludes halogenated alkanes) is 1. The molecule has 0 N–H and O–H groups in total. The highest BCUT2D eigenvalue weighted by molar-refractivity contribution is 6.86. The van der Waals surface area contributed by atoms with Crippen LogP contribution in [0.25, 0.3) is 0 Å². The molecule has 0 spiro atoms. The van der Waals surface area contributed by atoms with Crippen molar-refractivity contribution in [3.63, 3.8) is 0 Å². The van der Waals surface area contributed by atoms with Gasteiger partial charge in [0.15, 0.2) is 0 Å². The maximum absolute atomic E-state index is 2.59. The lowest BCUT2D eigenvalue weighted by Crippen LogP contribution is -2.34. The predicted octanol–water partition coefficient (Wildman–Crippen LogP) is 5.56. The van der Waals surface area contributed by atoms with Crippen LogP contribution in [0.1, 0.15) is 60.3 Å². The van der Waals surface area contributed by atoms with E-state index in [1.807, 2.05) is 5.20 Å². The Labute approximate surface area is 98.2 Å². The van der Waals surface area contributed by atoms with E-state index >= 15 is 0 Å². The molecule has 0 radical (unpaired) electrons. The minimum absolute atomic E-state index is 1.04. The average molecular weight is 226 g/mol. The zero-order valence-corrected chi connectivity index (χ0v) is 12.5. The minimum Gasteiger partial charge on any atom is -0.0892 e. The van der Waals surface area contributed by atoms with Gasteiger partial charge >= 0.3 is 0 Å². The Hall–Kier alpha value is -0.0431. The van der Waals surface area contributed by atoms with E-state index in [0.717, 1.165) is 0 Å². The lowest BCUT2D eigenvalue weighted by molar-refractivity contribution is 0.893. The predicted molar refractivity (Wildman–Crippen MR) is 75.1 cm³/mol. The van der Waals surface area contributed by atoms with Crippen LogP contribution in [0.5, 0.6) is 0 Å². The Morgan fingerprint density at radius 3 is 1.73 bits per heavy atom. The van der Waals surface area contributed by atoms with Gasteiger partial charge in [0, 0.05) is 0 Å². The molecule has 1 heteroatoms. The molecule has 90 valence electrons. The Morgan fingerprint density at radius 1 is 0.867 bits per heavy atom. The summed E-state index contributed by atoms with van der Waals surface area (Å²) in [4.78, 5) is 0. The van der Waals surface area contributed by atoms with Gasteiger partial charge in [0.1, 0.15) is 0 Å². The molecule has 0 aromatic carbocycles. The maximum atomic E-state index is 2.59. The third-order valence-corrected chi connectivity index (χ3v) is 9.79. The van der Waals surface area contributed by atoms with Crippen molar-refractivity contribution in [1.29, 1.82) is 0 Å². The van der Waals surface area contributed by atoms with Crippen LogP contribution in [0.15, 0.2) is 11.3 Å². The number of hydrogen-bond donors (Lipinski definition) is 0. The van der Waals surface area contributed by atoms with Crippen molar-refractivity contribution >= 4 is 8.07 Å². The van der Waals surface area contributed by atoms with Gasteiger partial charge in [0.25, 0.3) is 0 Å². The first-order valence-electron chi connectivity index (χ1n) is 6.90. The summed E-state index contributed by atoms with van der Waals surface area (Å²) in [6.45, 7) is 11.8. The maximum Gasteiger partial charge on any atom is 0.0803 e. The number of hydrogen-bond acceptors (Lipinski definition) is 0. The molecule has 0 aromatic heterocycles. The lowest BCUT2D eigenvalue weighted by Gasteiger charge is -2.31. The van der Waals surface area contributed by atoms with E-state index in [9.17, 15) is 0 Å². The van der Waals surface area contributed by atoms with Crippen molar-refractivity contribution in [2.75, 3.05) is 0 Å². The fourth-order valence-electron chi connectivity index (χ4n) is 2.60. The number of rotatable bonds is 8. The molecule has 0 saturated heterocycles. The van der Waals surface area contributed by atoms with E-state index in [0.29, 0.717) is 0 Å². The molecule has 0 aromatic rings. The van der Waals surface area contributed by atoms with Crippen LogP contribution in [0, 0.1) is 0 Å². The van der Waals surface area contributed by atoms with Gasteiger partial charge in [0.05, 0.1) is 8.07 Å². The molecule has 0 atom stereocenters. The van der Waals surface area contributed by atoms with E-state index in [-0.39, 0.29) is 0 Å². The van der Waals surface area contributed by atoms with E-state index in [1.54, 1.807) is 0 Å². The summed E-state index contributed by atoms with van der Waals surface area (Å²) in [6.07, 6.45) is 7.87. The van der Waals surface area contributed by atoms with Crippen LogP contribution in [0.3, 0.4) is 0 Å². The second-order valence-corrected chi connectivity index (χ2v) is 9.93. The molecular formula is C14H30Si. The molecule has 0 saturated carbocycles. The molecule has 0 aliphatic heterocycles. The largest absolute Gasteiger partial charge is 0.0892 e. The van der Waals surface area contributed by atoms with Gasteiger partial charge in [0.2, 0.25) is 0 Å². The zero-order chi connectivity index (χ0) is 11.7. The standard InChI is InChI=1S/C14H30Si/c1-6-11-13-14(12-7-2)15(8-3,9-4)10-5/h13H,6-12H2,1-5H3/b14-13-. The fraction of sp³-hybridized carbons (Fsp3) is 0.857. The van der Waals surface area contributed by atoms with Gasteiger partial charge in [-0.15, -0.1) is 0 Å². The molecule has 0 nitrogen and oxygen atoms in total. The van der Waals surface area contributed by atoms with Crippen molar-refractivity contribution in [2.24, 2.45) is 0 Å². The highest BCUT2D eigenvalue weighted by Gasteiger charge is 2.30. The van der Waals surface area contributed by atoms with E-state index < -0.39 is 8.07 Å². The molecule has 0 amide bonds. The average Bonchev–Trinajstić information content (AvgIpc) is 2.28. The Kier molecular flexibility index (Phi) is 8.13. The number of allylic oxidation sites excluding steroid dienone is 2. The molecule has 0 aliphatic carbocycles. The normalized spacial score (nSPS) is 13.3. The Balaban J connectivity index is 4.81. The first-order chi connectivity index (χ1) is 7.20. The molecule has 0 bridgehead atoms. The lowest BCUT2D eigenvalue weighted by atomic mass is 10.2. The van der Waals surface area contributed by atoms with Crippen molar-refractivity contribution in [3.05, 3.63) is 11.3 Å². The fourth-order valence-corrected chi connectivity index (χ4v) is 6.82. The molecule has 0 fully saturated rings. The molecular weight excluding hydrogens is 196 g/mol. The van der Waals surface area contributed by atoms with Gasteiger partial charge in [-0.25, -0.2) is 0 Å². The highest BCUT2D eigenvalue weighted by Crippen LogP contribution is 2.31. The van der Waals surface area contributed by atoms with Crippen LogP contribution in [0.4, 0.5) is 0 Å². The molecule has 15 heavy (non-hydrogen) atoms. The Bertz CT molecular complexity index is 170. The highest BCUT2D eigenvalue weighted by atomic mass is 28.3. The van der Waals surface area contributed by atoms with Gasteiger partial charge in [-0.1, -0.05) is 76.9 Å². The second kappa shape index (κ2) is 8.15. The van der Waals surface area contributed by atoms with E-state index in [2.05, 4.69) is 40.7 Å². The van der Waals surface area contributed by atoms with Crippen LogP contribution < -0.4 is 0 Å². The van der Waals surface area contributed by atoms with Crippen LogP contribution >= 0.6 is 0 Å². The van der Waals surface area contributed by atoms with E-state index in [4.69, 9.17) is 0 Å². The third-order valence-electron chi connectivity index (χ3n) is 3.91. The molecule has 0 aliphatic rings. The van der Waals surface area contributed by atoms with Gasteiger partial charge in [-0.05, 0) is 12.8 Å². The first-order valence-corrected chi connectivity index (χ1v) is 9.52. The summed E-state index contributed by atoms with van der Waals surface area (Å²) in [7, 11) is -1.04. The Morgan fingerprint density at radius 2 is 1.40 bits per heavy atom. The topological polar surface area (TPSA) is 0 Å². The quantitative estimate of drug-likeness (QED) is 0.475. The monoisotopic (exact) mass is 226 g/mol. The van der Waals surface area contributed by atoms with Crippen LogP contribution in [-0.2, 0) is 0 Å². The molecule has 0 rings (SSSR count). The zero-order valence-electron chi connectivity index (χ0n) is 11.5. The smallest absolute Gasteiger partial charge is 0.0803 e. The summed E-state index contributed by atoms with van der Waals surface area (Å²) < 4.78 is 0. The first kappa shape index (κ1) is 15.0. The van der Waals surface area contributed by atoms with E-state index in [1.165, 1.54) is 43.8 Å². The summed E-state index contributed by atoms with van der Waals surface area (Å²) >= 11 is 0. The molecule has 0 heterocycles. The van der Waals surface area contributed by atoms with Gasteiger partial charge in [-0.2, -0.15) is 0 Å². The summed E-state index contributed by atoms with van der Waals surface area (Å²) in [5.41, 5.74) is 0. The second-order valence-electron chi connectivity index (χ2n) is 4.61. The third kappa shape index (κ3) is 4.14.